The lowest BCUT2D eigenvalue weighted by Crippen LogP contribution is -2.50. The van der Waals surface area contributed by atoms with Crippen molar-refractivity contribution in [3.63, 3.8) is 0 Å². The fraction of sp³-hybridized carbons (Fsp3) is 0.882. The predicted octanol–water partition coefficient (Wildman–Crippen LogP) is 1.26. The molecule has 7 heteroatoms. The maximum Gasteiger partial charge on any atom is 0.320 e. The average Bonchev–Trinajstić information content (AvgIpc) is 3.05. The molecule has 4 N–H and O–H groups in total. The Bertz CT molecular complexity index is 425. The number of carbonyl (C=O) groups is 2. The van der Waals surface area contributed by atoms with E-state index in [1.165, 1.54) is 37.0 Å². The van der Waals surface area contributed by atoms with Crippen molar-refractivity contribution >= 4 is 11.9 Å². The number of hydrogen-bond donors (Lipinski definition) is 4. The summed E-state index contributed by atoms with van der Waals surface area (Å²) in [6.07, 6.45) is 7.85. The van der Waals surface area contributed by atoms with Crippen LogP contribution in [0.3, 0.4) is 0 Å². The maximum absolute atomic E-state index is 11.4. The van der Waals surface area contributed by atoms with Crippen LogP contribution in [0.15, 0.2) is 0 Å². The molecule has 2 fully saturated rings. The van der Waals surface area contributed by atoms with Crippen LogP contribution in [0.5, 0.6) is 0 Å². The Hall–Kier alpha value is -1.18. The minimum Gasteiger partial charge on any atom is -0.480 e. The lowest BCUT2D eigenvalue weighted by atomic mass is 9.85. The highest BCUT2D eigenvalue weighted by atomic mass is 16.4. The maximum atomic E-state index is 11.4. The molecule has 0 amide bonds. The van der Waals surface area contributed by atoms with E-state index in [9.17, 15) is 19.8 Å². The first-order valence-electron chi connectivity index (χ1n) is 9.12. The fourth-order valence-corrected chi connectivity index (χ4v) is 3.97. The van der Waals surface area contributed by atoms with Crippen LogP contribution in [0, 0.1) is 5.92 Å². The molecule has 1 saturated heterocycles. The van der Waals surface area contributed by atoms with Gasteiger partial charge in [-0.25, -0.2) is 0 Å². The van der Waals surface area contributed by atoms with Gasteiger partial charge in [-0.15, -0.1) is 0 Å². The van der Waals surface area contributed by atoms with Gasteiger partial charge in [0, 0.05) is 13.1 Å². The van der Waals surface area contributed by atoms with Crippen LogP contribution < -0.4 is 5.32 Å². The number of aliphatic hydroxyl groups excluding tert-OH is 1. The van der Waals surface area contributed by atoms with Crippen molar-refractivity contribution in [1.82, 2.24) is 10.2 Å². The van der Waals surface area contributed by atoms with Gasteiger partial charge in [0.2, 0.25) is 0 Å². The van der Waals surface area contributed by atoms with Gasteiger partial charge in [0.05, 0.1) is 0 Å². The summed E-state index contributed by atoms with van der Waals surface area (Å²) in [5.74, 6) is -1.23. The van der Waals surface area contributed by atoms with Crippen molar-refractivity contribution in [2.24, 2.45) is 5.92 Å². The quantitative estimate of drug-likeness (QED) is 0.499. The number of carboxylic acid groups (broad SMARTS) is 2. The molecule has 0 aromatic heterocycles. The molecule has 1 unspecified atom stereocenters. The number of nitrogens with one attached hydrogen (secondary N) is 1. The highest BCUT2D eigenvalue weighted by Gasteiger charge is 2.35. The smallest absolute Gasteiger partial charge is 0.320 e. The second-order valence-corrected chi connectivity index (χ2v) is 7.10. The Morgan fingerprint density at radius 1 is 1.08 bits per heavy atom. The zero-order valence-corrected chi connectivity index (χ0v) is 14.2. The van der Waals surface area contributed by atoms with Gasteiger partial charge in [0.25, 0.3) is 0 Å². The molecule has 2 rings (SSSR count). The first kappa shape index (κ1) is 19.1. The lowest BCUT2D eigenvalue weighted by molar-refractivity contribution is -0.147. The minimum atomic E-state index is -0.967. The van der Waals surface area contributed by atoms with Crippen molar-refractivity contribution in [3.8, 4) is 0 Å². The summed E-state index contributed by atoms with van der Waals surface area (Å²) in [6.45, 7) is 0.602. The first-order valence-corrected chi connectivity index (χ1v) is 9.12. The molecule has 0 aromatic rings. The molecule has 0 radical (unpaired) electrons. The second-order valence-electron chi connectivity index (χ2n) is 7.10. The Morgan fingerprint density at radius 3 is 2.42 bits per heavy atom. The highest BCUT2D eigenvalue weighted by molar-refractivity contribution is 5.74. The number of hydrogen-bond acceptors (Lipinski definition) is 5. The predicted molar refractivity (Wildman–Crippen MR) is 88.6 cm³/mol. The van der Waals surface area contributed by atoms with Crippen LogP contribution in [-0.2, 0) is 9.59 Å². The van der Waals surface area contributed by atoms with E-state index >= 15 is 0 Å². The Morgan fingerprint density at radius 2 is 1.79 bits per heavy atom. The summed E-state index contributed by atoms with van der Waals surface area (Å²) in [6, 6.07) is -1.36. The van der Waals surface area contributed by atoms with E-state index in [1.807, 2.05) is 0 Å². The molecule has 1 aliphatic carbocycles. The Balaban J connectivity index is 1.77. The molecule has 2 aliphatic rings. The van der Waals surface area contributed by atoms with E-state index in [4.69, 9.17) is 5.11 Å². The number of nitrogens with zero attached hydrogens (tertiary/aromatic N) is 1. The molecule has 0 aromatic carbocycles. The van der Waals surface area contributed by atoms with Gasteiger partial charge in [0.1, 0.15) is 18.3 Å². The summed E-state index contributed by atoms with van der Waals surface area (Å²) in [7, 11) is 0. The second kappa shape index (κ2) is 9.34. The molecule has 1 aliphatic heterocycles. The highest BCUT2D eigenvalue weighted by Crippen LogP contribution is 2.27. The van der Waals surface area contributed by atoms with Crippen LogP contribution in [0.2, 0.25) is 0 Å². The van der Waals surface area contributed by atoms with E-state index in [1.54, 1.807) is 0 Å². The zero-order chi connectivity index (χ0) is 17.5. The Kier molecular flexibility index (Phi) is 7.45. The van der Waals surface area contributed by atoms with E-state index < -0.39 is 30.3 Å². The number of aliphatic carboxylic acids is 2. The third kappa shape index (κ3) is 5.43. The van der Waals surface area contributed by atoms with Crippen molar-refractivity contribution in [3.05, 3.63) is 0 Å². The summed E-state index contributed by atoms with van der Waals surface area (Å²) in [5, 5.41) is 31.7. The van der Waals surface area contributed by atoms with Crippen molar-refractivity contribution in [2.45, 2.75) is 76.1 Å². The number of likely N-dealkylation sites (tertiary alicyclic amines) is 1. The molecule has 24 heavy (non-hydrogen) atoms. The third-order valence-electron chi connectivity index (χ3n) is 5.40. The average molecular weight is 342 g/mol. The Labute approximate surface area is 143 Å². The van der Waals surface area contributed by atoms with Gasteiger partial charge >= 0.3 is 11.9 Å². The van der Waals surface area contributed by atoms with E-state index in [0.717, 1.165) is 12.8 Å². The van der Waals surface area contributed by atoms with Crippen LogP contribution in [0.4, 0.5) is 0 Å². The fourth-order valence-electron chi connectivity index (χ4n) is 3.97. The molecule has 138 valence electrons. The molecule has 0 spiro atoms. The minimum absolute atomic E-state index is 0.0748. The molecular formula is C17H30N2O5. The van der Waals surface area contributed by atoms with Gasteiger partial charge < -0.3 is 20.6 Å². The van der Waals surface area contributed by atoms with Crippen LogP contribution in [-0.4, -0.2) is 63.6 Å². The van der Waals surface area contributed by atoms with Gasteiger partial charge in [-0.3, -0.25) is 14.5 Å². The van der Waals surface area contributed by atoms with Crippen molar-refractivity contribution in [2.75, 3.05) is 13.1 Å². The van der Waals surface area contributed by atoms with Crippen molar-refractivity contribution < 1.29 is 24.9 Å². The van der Waals surface area contributed by atoms with Crippen LogP contribution >= 0.6 is 0 Å². The summed E-state index contributed by atoms with van der Waals surface area (Å²) in [5.41, 5.74) is 0. The van der Waals surface area contributed by atoms with Crippen LogP contribution in [0.25, 0.3) is 0 Å². The SMILES string of the molecule is O=C(O)[C@H](CCC1CCCCC1)NCC(O)N1CCC[C@H]1C(=O)O. The van der Waals surface area contributed by atoms with Gasteiger partial charge in [-0.2, -0.15) is 0 Å². The van der Waals surface area contributed by atoms with Gasteiger partial charge in [0.15, 0.2) is 0 Å². The number of aliphatic hydroxyl groups is 1. The van der Waals surface area contributed by atoms with E-state index in [0.29, 0.717) is 25.3 Å². The van der Waals surface area contributed by atoms with Gasteiger partial charge in [-0.05, 0) is 31.6 Å². The molecule has 0 bridgehead atoms. The summed E-state index contributed by atoms with van der Waals surface area (Å²) in [4.78, 5) is 24.1. The molecular weight excluding hydrogens is 312 g/mol. The molecule has 3 atom stereocenters. The number of carboxylic acids is 2. The first-order chi connectivity index (χ1) is 11.5. The topological polar surface area (TPSA) is 110 Å². The lowest BCUT2D eigenvalue weighted by Gasteiger charge is -2.28. The summed E-state index contributed by atoms with van der Waals surface area (Å²) < 4.78 is 0. The van der Waals surface area contributed by atoms with Gasteiger partial charge in [-0.1, -0.05) is 32.1 Å². The standard InChI is InChI=1S/C17H30N2O5/c20-15(19-10-4-7-14(19)17(23)24)11-18-13(16(21)22)9-8-12-5-2-1-3-6-12/h12-15,18,20H,1-11H2,(H,21,22)(H,23,24)/t13-,14-,15?/m0/s1. The molecule has 1 saturated carbocycles. The molecule has 1 heterocycles. The summed E-state index contributed by atoms with van der Waals surface area (Å²) >= 11 is 0. The number of rotatable bonds is 9. The molecule has 7 nitrogen and oxygen atoms in total. The van der Waals surface area contributed by atoms with Crippen LogP contribution in [0.1, 0.15) is 57.8 Å². The van der Waals surface area contributed by atoms with E-state index in [2.05, 4.69) is 5.32 Å². The zero-order valence-electron chi connectivity index (χ0n) is 14.2. The largest absolute Gasteiger partial charge is 0.480 e. The van der Waals surface area contributed by atoms with E-state index in [-0.39, 0.29) is 6.54 Å². The monoisotopic (exact) mass is 342 g/mol. The van der Waals surface area contributed by atoms with Crippen molar-refractivity contribution in [1.29, 1.82) is 0 Å². The third-order valence-corrected chi connectivity index (χ3v) is 5.40. The normalized spacial score (nSPS) is 25.5.